The number of anilines is 2. The Kier molecular flexibility index (Phi) is 6.74. The minimum Gasteiger partial charge on any atom is -0.481 e. The van der Waals surface area contributed by atoms with Crippen LogP contribution in [0.1, 0.15) is 12.0 Å². The van der Waals surface area contributed by atoms with E-state index < -0.39 is 23.3 Å². The van der Waals surface area contributed by atoms with Gasteiger partial charge >= 0.3 is 17.3 Å². The number of ether oxygens (including phenoxy) is 1. The summed E-state index contributed by atoms with van der Waals surface area (Å²) in [6.07, 6.45) is 2.05. The van der Waals surface area contributed by atoms with Crippen LogP contribution in [-0.4, -0.2) is 30.2 Å². The standard InChI is InChI=1S/C26H22ClN5O5/c27-18-6-4-16(5-7-18)14-31-24(30-25(35)32(26(31)36)15-17-13-21(17)23(33)34)29-19-8-10-20(11-9-19)37-22-3-1-2-12-28-22/h1-12,17,21H,13-15H2,(H,33,34)(H,29,30,35)/t17-,21-/m1/s1. The molecule has 5 rings (SSSR count). The number of carboxylic acids is 1. The lowest BCUT2D eigenvalue weighted by Gasteiger charge is -2.16. The number of carboxylic acid groups (broad SMARTS) is 1. The van der Waals surface area contributed by atoms with Gasteiger partial charge in [-0.05, 0) is 60.4 Å². The van der Waals surface area contributed by atoms with Gasteiger partial charge in [-0.25, -0.2) is 19.1 Å². The van der Waals surface area contributed by atoms with E-state index in [0.717, 1.165) is 10.1 Å². The number of benzene rings is 2. The predicted molar refractivity (Wildman–Crippen MR) is 137 cm³/mol. The Hall–Kier alpha value is -4.44. The van der Waals surface area contributed by atoms with Crippen LogP contribution in [0.25, 0.3) is 0 Å². The molecular weight excluding hydrogens is 498 g/mol. The second kappa shape index (κ2) is 10.3. The number of rotatable bonds is 9. The average Bonchev–Trinajstić information content (AvgIpc) is 3.67. The first kappa shape index (κ1) is 24.3. The van der Waals surface area contributed by atoms with E-state index >= 15 is 0 Å². The molecule has 2 N–H and O–H groups in total. The van der Waals surface area contributed by atoms with Crippen molar-refractivity contribution in [3.63, 3.8) is 0 Å². The summed E-state index contributed by atoms with van der Waals surface area (Å²) in [5, 5.41) is 12.8. The summed E-state index contributed by atoms with van der Waals surface area (Å²) in [6.45, 7) is 0.127. The lowest BCUT2D eigenvalue weighted by molar-refractivity contribution is -0.138. The number of nitrogens with one attached hydrogen (secondary N) is 1. The zero-order chi connectivity index (χ0) is 25.9. The molecule has 188 valence electrons. The molecule has 0 bridgehead atoms. The number of nitrogens with zero attached hydrogens (tertiary/aromatic N) is 4. The van der Waals surface area contributed by atoms with E-state index in [9.17, 15) is 19.5 Å². The molecule has 4 aromatic rings. The van der Waals surface area contributed by atoms with Gasteiger partial charge in [-0.2, -0.15) is 4.98 Å². The van der Waals surface area contributed by atoms with Crippen molar-refractivity contribution in [2.24, 2.45) is 11.8 Å². The first-order valence-electron chi connectivity index (χ1n) is 11.5. The van der Waals surface area contributed by atoms with E-state index in [-0.39, 0.29) is 25.0 Å². The van der Waals surface area contributed by atoms with Crippen LogP contribution < -0.4 is 21.4 Å². The molecule has 11 heteroatoms. The molecule has 1 fully saturated rings. The number of hydrogen-bond donors (Lipinski definition) is 2. The second-order valence-electron chi connectivity index (χ2n) is 8.68. The highest BCUT2D eigenvalue weighted by atomic mass is 35.5. The number of pyridine rings is 1. The molecule has 0 unspecified atom stereocenters. The molecule has 1 saturated carbocycles. The SMILES string of the molecule is O=C(O)[C@@H]1C[C@@H]1Cn1c(=O)nc(Nc2ccc(Oc3ccccn3)cc2)n(Cc2ccc(Cl)cc2)c1=O. The molecule has 0 aliphatic heterocycles. The molecule has 2 aromatic heterocycles. The van der Waals surface area contributed by atoms with Gasteiger partial charge in [0, 0.05) is 29.5 Å². The molecule has 0 spiro atoms. The van der Waals surface area contributed by atoms with Crippen LogP contribution in [0.5, 0.6) is 11.6 Å². The van der Waals surface area contributed by atoms with Gasteiger partial charge in [0.05, 0.1) is 12.5 Å². The predicted octanol–water partition coefficient (Wildman–Crippen LogP) is 3.76. The maximum atomic E-state index is 13.4. The van der Waals surface area contributed by atoms with Crippen molar-refractivity contribution < 1.29 is 14.6 Å². The fourth-order valence-electron chi connectivity index (χ4n) is 3.95. The summed E-state index contributed by atoms with van der Waals surface area (Å²) in [6, 6.07) is 19.2. The smallest absolute Gasteiger partial charge is 0.354 e. The zero-order valence-electron chi connectivity index (χ0n) is 19.5. The van der Waals surface area contributed by atoms with E-state index in [1.54, 1.807) is 66.9 Å². The zero-order valence-corrected chi connectivity index (χ0v) is 20.2. The second-order valence-corrected chi connectivity index (χ2v) is 9.12. The lowest BCUT2D eigenvalue weighted by Crippen LogP contribution is -2.43. The van der Waals surface area contributed by atoms with E-state index in [4.69, 9.17) is 16.3 Å². The summed E-state index contributed by atoms with van der Waals surface area (Å²) in [5.74, 6) is -0.694. The number of carbonyl (C=O) groups is 1. The van der Waals surface area contributed by atoms with Crippen molar-refractivity contribution in [2.75, 3.05) is 5.32 Å². The van der Waals surface area contributed by atoms with Crippen molar-refractivity contribution in [3.05, 3.63) is 104 Å². The summed E-state index contributed by atoms with van der Waals surface area (Å²) in [5.41, 5.74) is 0.0282. The Labute approximate surface area is 215 Å². The highest BCUT2D eigenvalue weighted by Crippen LogP contribution is 2.39. The Balaban J connectivity index is 1.44. The fraction of sp³-hybridized carbons (Fsp3) is 0.192. The number of aromatic nitrogens is 4. The van der Waals surface area contributed by atoms with Crippen LogP contribution in [0.2, 0.25) is 5.02 Å². The highest BCUT2D eigenvalue weighted by Gasteiger charge is 2.43. The summed E-state index contributed by atoms with van der Waals surface area (Å²) in [4.78, 5) is 45.7. The fourth-order valence-corrected chi connectivity index (χ4v) is 4.07. The Morgan fingerprint density at radius 1 is 1.05 bits per heavy atom. The van der Waals surface area contributed by atoms with Crippen molar-refractivity contribution in [1.82, 2.24) is 19.1 Å². The van der Waals surface area contributed by atoms with E-state index in [2.05, 4.69) is 15.3 Å². The van der Waals surface area contributed by atoms with Gasteiger partial charge in [-0.15, -0.1) is 0 Å². The first-order chi connectivity index (χ1) is 17.9. The van der Waals surface area contributed by atoms with Crippen molar-refractivity contribution in [3.8, 4) is 11.6 Å². The van der Waals surface area contributed by atoms with Crippen LogP contribution in [0.4, 0.5) is 11.6 Å². The monoisotopic (exact) mass is 519 g/mol. The normalized spacial score (nSPS) is 16.2. The van der Waals surface area contributed by atoms with Gasteiger partial charge in [0.25, 0.3) is 0 Å². The molecule has 1 aliphatic carbocycles. The van der Waals surface area contributed by atoms with Gasteiger partial charge in [0.2, 0.25) is 11.8 Å². The van der Waals surface area contributed by atoms with Crippen molar-refractivity contribution >= 4 is 29.2 Å². The van der Waals surface area contributed by atoms with Crippen LogP contribution in [-0.2, 0) is 17.9 Å². The number of halogens is 1. The molecule has 0 radical (unpaired) electrons. The van der Waals surface area contributed by atoms with E-state index in [0.29, 0.717) is 28.8 Å². The molecule has 37 heavy (non-hydrogen) atoms. The van der Waals surface area contributed by atoms with Crippen LogP contribution >= 0.6 is 11.6 Å². The molecule has 0 saturated heterocycles. The Morgan fingerprint density at radius 2 is 1.81 bits per heavy atom. The first-order valence-corrected chi connectivity index (χ1v) is 11.9. The third-order valence-electron chi connectivity index (χ3n) is 6.03. The molecule has 0 amide bonds. The maximum Gasteiger partial charge on any atom is 0.354 e. The molecule has 2 aromatic carbocycles. The third kappa shape index (κ3) is 5.70. The number of hydrogen-bond acceptors (Lipinski definition) is 7. The van der Waals surface area contributed by atoms with Gasteiger partial charge < -0.3 is 15.2 Å². The van der Waals surface area contributed by atoms with Crippen LogP contribution in [0, 0.1) is 11.8 Å². The Bertz CT molecular complexity index is 1540. The third-order valence-corrected chi connectivity index (χ3v) is 6.28. The molecule has 2 heterocycles. The van der Waals surface area contributed by atoms with Crippen molar-refractivity contribution in [2.45, 2.75) is 19.5 Å². The van der Waals surface area contributed by atoms with E-state index in [1.165, 1.54) is 4.57 Å². The topological polar surface area (TPSA) is 128 Å². The average molecular weight is 520 g/mol. The van der Waals surface area contributed by atoms with E-state index in [1.807, 2.05) is 6.07 Å². The van der Waals surface area contributed by atoms with Crippen molar-refractivity contribution in [1.29, 1.82) is 0 Å². The quantitative estimate of drug-likeness (QED) is 0.342. The highest BCUT2D eigenvalue weighted by molar-refractivity contribution is 6.30. The van der Waals surface area contributed by atoms with Crippen LogP contribution in [0.15, 0.2) is 82.5 Å². The lowest BCUT2D eigenvalue weighted by atomic mass is 10.2. The van der Waals surface area contributed by atoms with Gasteiger partial charge in [-0.3, -0.25) is 9.36 Å². The molecule has 2 atom stereocenters. The summed E-state index contributed by atoms with van der Waals surface area (Å²) < 4.78 is 8.05. The minimum absolute atomic E-state index is 0.00207. The van der Waals surface area contributed by atoms with Gasteiger partial charge in [0.15, 0.2) is 0 Å². The largest absolute Gasteiger partial charge is 0.481 e. The molecular formula is C26H22ClN5O5. The summed E-state index contributed by atoms with van der Waals surface area (Å²) >= 11 is 6.00. The van der Waals surface area contributed by atoms with Crippen LogP contribution in [0.3, 0.4) is 0 Å². The molecule has 10 nitrogen and oxygen atoms in total. The Morgan fingerprint density at radius 3 is 2.46 bits per heavy atom. The van der Waals surface area contributed by atoms with Gasteiger partial charge in [0.1, 0.15) is 5.75 Å². The molecule has 1 aliphatic rings. The summed E-state index contributed by atoms with van der Waals surface area (Å²) in [7, 11) is 0. The number of aliphatic carboxylic acids is 1. The van der Waals surface area contributed by atoms with Gasteiger partial charge in [-0.1, -0.05) is 29.8 Å². The minimum atomic E-state index is -0.929. The maximum absolute atomic E-state index is 13.4.